The van der Waals surface area contributed by atoms with Crippen LogP contribution in [0.1, 0.15) is 58.1 Å². The van der Waals surface area contributed by atoms with Gasteiger partial charge in [0, 0.05) is 22.6 Å². The van der Waals surface area contributed by atoms with Gasteiger partial charge in [0.1, 0.15) is 5.82 Å². The summed E-state index contributed by atoms with van der Waals surface area (Å²) in [6.07, 6.45) is 4.74. The Bertz CT molecular complexity index is 816. The quantitative estimate of drug-likeness (QED) is 0.853. The zero-order chi connectivity index (χ0) is 16.0. The van der Waals surface area contributed by atoms with Crippen molar-refractivity contribution >= 4 is 17.4 Å². The van der Waals surface area contributed by atoms with Gasteiger partial charge in [-0.15, -0.1) is 4.91 Å². The number of fused-ring (bicyclic) bond motifs is 5. The first-order chi connectivity index (χ1) is 11.2. The molecule has 2 atom stereocenters. The summed E-state index contributed by atoms with van der Waals surface area (Å²) in [5.41, 5.74) is 4.64. The maximum atomic E-state index is 11.8. The summed E-state index contributed by atoms with van der Waals surface area (Å²) in [5, 5.41) is 5.98. The fourth-order valence-corrected chi connectivity index (χ4v) is 4.08. The molecule has 1 fully saturated rings. The largest absolute Gasteiger partial charge is 0.340 e. The summed E-state index contributed by atoms with van der Waals surface area (Å²) in [7, 11) is 0. The number of nitroso groups, excluding NO2 is 1. The lowest BCUT2D eigenvalue weighted by atomic mass is 9.89. The Hall–Kier alpha value is -2.56. The average molecular weight is 307 g/mol. The van der Waals surface area contributed by atoms with Crippen LogP contribution in [0.25, 0.3) is 0 Å². The summed E-state index contributed by atoms with van der Waals surface area (Å²) < 4.78 is 0. The minimum absolute atomic E-state index is 0.358. The van der Waals surface area contributed by atoms with Crippen LogP contribution in [0.15, 0.2) is 35.6 Å². The van der Waals surface area contributed by atoms with E-state index in [1.165, 1.54) is 11.8 Å². The predicted octanol–water partition coefficient (Wildman–Crippen LogP) is 4.40. The number of anilines is 2. The molecule has 2 bridgehead atoms. The van der Waals surface area contributed by atoms with Crippen molar-refractivity contribution in [2.24, 2.45) is 5.18 Å². The minimum atomic E-state index is -0.705. The summed E-state index contributed by atoms with van der Waals surface area (Å²) >= 11 is 0. The van der Waals surface area contributed by atoms with Gasteiger partial charge in [-0.2, -0.15) is 0 Å². The molecular formula is C18H17N3O2. The molecule has 5 heteroatoms. The molecule has 0 aliphatic heterocycles. The zero-order valence-corrected chi connectivity index (χ0v) is 12.9. The number of aryl methyl sites for hydroxylation is 1. The Morgan fingerprint density at radius 3 is 2.78 bits per heavy atom. The van der Waals surface area contributed by atoms with Crippen LogP contribution in [-0.4, -0.2) is 10.9 Å². The molecule has 2 aromatic rings. The Balaban J connectivity index is 1.80. The second-order valence-electron chi connectivity index (χ2n) is 6.45. The summed E-state index contributed by atoms with van der Waals surface area (Å²) in [6, 6.07) is 8.11. The van der Waals surface area contributed by atoms with Gasteiger partial charge in [0.15, 0.2) is 0 Å². The van der Waals surface area contributed by atoms with Crippen molar-refractivity contribution in [3.63, 3.8) is 0 Å². The van der Waals surface area contributed by atoms with Crippen molar-refractivity contribution in [2.75, 3.05) is 5.32 Å². The van der Waals surface area contributed by atoms with Gasteiger partial charge in [0.2, 0.25) is 0 Å². The van der Waals surface area contributed by atoms with E-state index in [1.807, 2.05) is 25.1 Å². The third kappa shape index (κ3) is 2.23. The number of hydrogen-bond donors (Lipinski definition) is 1. The SMILES string of the molecule is Cc1cccc(Nc2ncc(C(=O)N=O)c3c2C2CCC3C2)c1. The highest BCUT2D eigenvalue weighted by Gasteiger charge is 2.42. The molecule has 1 heterocycles. The van der Waals surface area contributed by atoms with E-state index in [0.717, 1.165) is 41.9 Å². The highest BCUT2D eigenvalue weighted by Crippen LogP contribution is 2.56. The number of nitrogens with zero attached hydrogens (tertiary/aromatic N) is 2. The molecule has 0 radical (unpaired) electrons. The van der Waals surface area contributed by atoms with Gasteiger partial charge >= 0.3 is 5.91 Å². The Labute approximate surface area is 134 Å². The van der Waals surface area contributed by atoms with Gasteiger partial charge in [0.05, 0.1) is 5.56 Å². The number of benzene rings is 1. The van der Waals surface area contributed by atoms with Gasteiger partial charge < -0.3 is 5.32 Å². The number of pyridine rings is 1. The molecule has 2 aliphatic carbocycles. The Morgan fingerprint density at radius 2 is 2.04 bits per heavy atom. The topological polar surface area (TPSA) is 71.4 Å². The van der Waals surface area contributed by atoms with E-state index in [-0.39, 0.29) is 0 Å². The van der Waals surface area contributed by atoms with Gasteiger partial charge in [0.25, 0.3) is 0 Å². The maximum Gasteiger partial charge on any atom is 0.318 e. The molecule has 116 valence electrons. The molecule has 1 aromatic carbocycles. The number of carbonyl (C=O) groups is 1. The van der Waals surface area contributed by atoms with E-state index >= 15 is 0 Å². The summed E-state index contributed by atoms with van der Waals surface area (Å²) in [6.45, 7) is 2.04. The first-order valence-electron chi connectivity index (χ1n) is 7.91. The third-order valence-electron chi connectivity index (χ3n) is 5.00. The molecule has 0 spiro atoms. The molecule has 0 saturated heterocycles. The molecule has 1 aromatic heterocycles. The lowest BCUT2D eigenvalue weighted by Gasteiger charge is -2.20. The van der Waals surface area contributed by atoms with Crippen molar-refractivity contribution in [2.45, 2.75) is 38.0 Å². The lowest BCUT2D eigenvalue weighted by molar-refractivity contribution is 0.0999. The van der Waals surface area contributed by atoms with Crippen molar-refractivity contribution in [3.8, 4) is 0 Å². The smallest absolute Gasteiger partial charge is 0.318 e. The second-order valence-corrected chi connectivity index (χ2v) is 6.45. The van der Waals surface area contributed by atoms with Crippen LogP contribution in [0, 0.1) is 11.8 Å². The number of rotatable bonds is 3. The summed E-state index contributed by atoms with van der Waals surface area (Å²) in [4.78, 5) is 26.9. The normalized spacial score (nSPS) is 21.1. The van der Waals surface area contributed by atoms with E-state index in [4.69, 9.17) is 0 Å². The van der Waals surface area contributed by atoms with Crippen LogP contribution in [0.4, 0.5) is 11.5 Å². The first-order valence-corrected chi connectivity index (χ1v) is 7.91. The average Bonchev–Trinajstić information content (AvgIpc) is 3.17. The van der Waals surface area contributed by atoms with E-state index < -0.39 is 5.91 Å². The molecule has 1 amide bonds. The van der Waals surface area contributed by atoms with Crippen molar-refractivity contribution in [1.82, 2.24) is 4.98 Å². The van der Waals surface area contributed by atoms with Gasteiger partial charge in [-0.3, -0.25) is 4.79 Å². The van der Waals surface area contributed by atoms with Crippen molar-refractivity contribution < 1.29 is 4.79 Å². The molecule has 23 heavy (non-hydrogen) atoms. The minimum Gasteiger partial charge on any atom is -0.340 e. The molecular weight excluding hydrogens is 290 g/mol. The number of aromatic nitrogens is 1. The van der Waals surface area contributed by atoms with E-state index in [9.17, 15) is 9.70 Å². The number of hydrogen-bond acceptors (Lipinski definition) is 4. The summed E-state index contributed by atoms with van der Waals surface area (Å²) in [5.74, 6) is 0.884. The van der Waals surface area contributed by atoms with Crippen LogP contribution < -0.4 is 5.32 Å². The van der Waals surface area contributed by atoms with Crippen LogP contribution in [0.5, 0.6) is 0 Å². The lowest BCUT2D eigenvalue weighted by Crippen LogP contribution is -2.11. The first kappa shape index (κ1) is 14.1. The monoisotopic (exact) mass is 307 g/mol. The molecule has 2 aliphatic rings. The molecule has 5 nitrogen and oxygen atoms in total. The predicted molar refractivity (Wildman–Crippen MR) is 88.2 cm³/mol. The number of carbonyl (C=O) groups excluding carboxylic acids is 1. The van der Waals surface area contributed by atoms with E-state index in [1.54, 1.807) is 0 Å². The standard InChI is InChI=1S/C18H17N3O2/c1-10-3-2-4-13(7-10)20-17-16-12-6-5-11(8-12)15(16)14(9-19-17)18(22)21-23/h2-4,7,9,11-12H,5-6,8H2,1H3,(H,19,20). The number of amides is 1. The highest BCUT2D eigenvalue weighted by atomic mass is 16.3. The van der Waals surface area contributed by atoms with Gasteiger partial charge in [-0.25, -0.2) is 4.98 Å². The van der Waals surface area contributed by atoms with Gasteiger partial charge in [-0.1, -0.05) is 12.1 Å². The molecule has 1 N–H and O–H groups in total. The Kier molecular flexibility index (Phi) is 3.22. The van der Waals surface area contributed by atoms with Crippen molar-refractivity contribution in [3.05, 3.63) is 57.6 Å². The zero-order valence-electron chi connectivity index (χ0n) is 12.9. The van der Waals surface area contributed by atoms with Gasteiger partial charge in [-0.05, 0) is 61.3 Å². The highest BCUT2D eigenvalue weighted by molar-refractivity contribution is 5.97. The molecule has 4 rings (SSSR count). The Morgan fingerprint density at radius 1 is 1.26 bits per heavy atom. The fraction of sp³-hybridized carbons (Fsp3) is 0.333. The second kappa shape index (κ2) is 5.26. The van der Waals surface area contributed by atoms with E-state index in [0.29, 0.717) is 17.4 Å². The maximum absolute atomic E-state index is 11.8. The van der Waals surface area contributed by atoms with Crippen LogP contribution in [0.3, 0.4) is 0 Å². The third-order valence-corrected chi connectivity index (χ3v) is 5.00. The fourth-order valence-electron chi connectivity index (χ4n) is 4.08. The molecule has 1 saturated carbocycles. The van der Waals surface area contributed by atoms with Crippen molar-refractivity contribution in [1.29, 1.82) is 0 Å². The van der Waals surface area contributed by atoms with Crippen LogP contribution >= 0.6 is 0 Å². The van der Waals surface area contributed by atoms with E-state index in [2.05, 4.69) is 21.5 Å². The van der Waals surface area contributed by atoms with Crippen LogP contribution in [0.2, 0.25) is 0 Å². The number of nitrogens with one attached hydrogen (secondary N) is 1. The van der Waals surface area contributed by atoms with Crippen LogP contribution in [-0.2, 0) is 0 Å². The molecule has 2 unspecified atom stereocenters.